The van der Waals surface area contributed by atoms with Gasteiger partial charge in [0.05, 0.1) is 22.6 Å². The molecule has 5 aromatic rings. The van der Waals surface area contributed by atoms with Crippen molar-refractivity contribution in [3.8, 4) is 22.8 Å². The molecule has 11 rings (SSSR count). The van der Waals surface area contributed by atoms with Crippen molar-refractivity contribution in [2.45, 2.75) is 63.1 Å². The number of ether oxygens (including phenoxy) is 1. The average molecular weight is 964 g/mol. The Bertz CT molecular complexity index is 2800. The van der Waals surface area contributed by atoms with E-state index in [9.17, 15) is 24.0 Å². The van der Waals surface area contributed by atoms with Crippen molar-refractivity contribution in [1.29, 1.82) is 0 Å². The van der Waals surface area contributed by atoms with Gasteiger partial charge in [-0.1, -0.05) is 18.2 Å². The smallest absolute Gasteiger partial charge is 0.320 e. The molecule has 2 aromatic heterocycles. The molecule has 6 amide bonds. The lowest BCUT2D eigenvalue weighted by Crippen LogP contribution is -2.56. The van der Waals surface area contributed by atoms with Crippen LogP contribution in [0.25, 0.3) is 22.3 Å². The largest absolute Gasteiger partial charge is 0.457 e. The van der Waals surface area contributed by atoms with Gasteiger partial charge in [0.25, 0.3) is 11.8 Å². The fraction of sp³-hybridized carbons (Fsp3) is 0.462. The SMILES string of the molecule is Nc1ncnc2c1c(-c1ccc(Oc3ccccc3)cc1)nn2C1CCCN(C2CCN(C(=O)N3CCN(CCCN4CCN(c5ccc6c(c5)C(=O)N(C5CCC(=O)NC5=O)C6=O)CC4)CC3)CC2)C1. The molecule has 0 bridgehead atoms. The number of amides is 6. The molecule has 370 valence electrons. The fourth-order valence-corrected chi connectivity index (χ4v) is 11.5. The van der Waals surface area contributed by atoms with Crippen LogP contribution in [0.5, 0.6) is 11.5 Å². The van der Waals surface area contributed by atoms with E-state index >= 15 is 0 Å². The van der Waals surface area contributed by atoms with E-state index in [1.165, 1.54) is 6.33 Å². The standard InChI is InChI=1S/C52H61N13O6/c53-47-45-46(35-9-12-40(13-10-35)71-39-7-2-1-3-8-39)57-65(48(45)55-34-54-47)38-6-4-21-63(33-38)36-17-22-61(23-18-36)52(70)62-30-26-59(27-31-62)20-5-19-58-24-28-60(29-25-58)37-11-14-41-42(32-37)51(69)64(50(41)68)43-15-16-44(66)56-49(43)67/h1-3,7-14,32,34,36,38,43H,4-6,15-31,33H2,(H2,53,54,55)(H,56,66,67). The number of nitrogen functional groups attached to an aromatic ring is 1. The van der Waals surface area contributed by atoms with Gasteiger partial charge in [0.1, 0.15) is 35.4 Å². The number of urea groups is 1. The molecule has 5 fully saturated rings. The first kappa shape index (κ1) is 46.4. The number of piperazine rings is 2. The van der Waals surface area contributed by atoms with E-state index in [4.69, 9.17) is 20.6 Å². The van der Waals surface area contributed by atoms with Gasteiger partial charge in [0.2, 0.25) is 11.8 Å². The zero-order valence-corrected chi connectivity index (χ0v) is 40.0. The van der Waals surface area contributed by atoms with Crippen molar-refractivity contribution in [2.75, 3.05) is 102 Å². The summed E-state index contributed by atoms with van der Waals surface area (Å²) in [5.74, 6) is -0.0424. The number of nitrogens with zero attached hydrogens (tertiary/aromatic N) is 11. The maximum absolute atomic E-state index is 13.8. The molecule has 3 N–H and O–H groups in total. The minimum atomic E-state index is -0.974. The second-order valence-electron chi connectivity index (χ2n) is 19.7. The number of aromatic nitrogens is 4. The minimum absolute atomic E-state index is 0.0917. The van der Waals surface area contributed by atoms with Crippen LogP contribution in [0.2, 0.25) is 0 Å². The molecule has 8 heterocycles. The van der Waals surface area contributed by atoms with Crippen LogP contribution in [0, 0.1) is 0 Å². The number of para-hydroxylation sites is 1. The van der Waals surface area contributed by atoms with Crippen LogP contribution in [0.1, 0.15) is 71.7 Å². The average Bonchev–Trinajstić information content (AvgIpc) is 3.92. The minimum Gasteiger partial charge on any atom is -0.457 e. The van der Waals surface area contributed by atoms with Gasteiger partial charge in [-0.25, -0.2) is 19.4 Å². The molecule has 19 nitrogen and oxygen atoms in total. The first-order valence-corrected chi connectivity index (χ1v) is 25.3. The summed E-state index contributed by atoms with van der Waals surface area (Å²) in [6.07, 6.45) is 6.73. The molecule has 0 spiro atoms. The fourth-order valence-electron chi connectivity index (χ4n) is 11.5. The lowest BCUT2D eigenvalue weighted by molar-refractivity contribution is -0.136. The molecular weight excluding hydrogens is 903 g/mol. The van der Waals surface area contributed by atoms with Gasteiger partial charge in [0.15, 0.2) is 5.65 Å². The Hall–Kier alpha value is -6.96. The molecule has 71 heavy (non-hydrogen) atoms. The van der Waals surface area contributed by atoms with Crippen LogP contribution in [0.3, 0.4) is 0 Å². The molecule has 0 radical (unpaired) electrons. The predicted molar refractivity (Wildman–Crippen MR) is 266 cm³/mol. The van der Waals surface area contributed by atoms with Gasteiger partial charge < -0.3 is 25.2 Å². The van der Waals surface area contributed by atoms with E-state index in [0.717, 1.165) is 168 Å². The van der Waals surface area contributed by atoms with Crippen LogP contribution < -0.4 is 20.7 Å². The van der Waals surface area contributed by atoms with Crippen LogP contribution >= 0.6 is 0 Å². The topological polar surface area (TPSA) is 199 Å². The molecule has 6 aliphatic rings. The summed E-state index contributed by atoms with van der Waals surface area (Å²) in [6, 6.07) is 22.7. The number of nitrogens with one attached hydrogen (secondary N) is 1. The highest BCUT2D eigenvalue weighted by Crippen LogP contribution is 2.36. The predicted octanol–water partition coefficient (Wildman–Crippen LogP) is 4.32. The van der Waals surface area contributed by atoms with Crippen molar-refractivity contribution in [3.05, 3.63) is 90.3 Å². The molecule has 2 unspecified atom stereocenters. The van der Waals surface area contributed by atoms with Crippen molar-refractivity contribution in [1.82, 2.24) is 54.5 Å². The third kappa shape index (κ3) is 9.52. The summed E-state index contributed by atoms with van der Waals surface area (Å²) in [5, 5.41) is 8.19. The van der Waals surface area contributed by atoms with Crippen LogP contribution in [-0.4, -0.2) is 183 Å². The number of hydrogen-bond donors (Lipinski definition) is 2. The highest BCUT2D eigenvalue weighted by Gasteiger charge is 2.45. The van der Waals surface area contributed by atoms with Gasteiger partial charge in [-0.3, -0.25) is 44.1 Å². The van der Waals surface area contributed by atoms with E-state index in [0.29, 0.717) is 23.0 Å². The van der Waals surface area contributed by atoms with Gasteiger partial charge in [-0.15, -0.1) is 0 Å². The van der Waals surface area contributed by atoms with Crippen molar-refractivity contribution < 1.29 is 28.7 Å². The maximum Gasteiger partial charge on any atom is 0.320 e. The van der Waals surface area contributed by atoms with Crippen LogP contribution in [-0.2, 0) is 9.59 Å². The number of piperidine rings is 3. The van der Waals surface area contributed by atoms with Gasteiger partial charge >= 0.3 is 6.03 Å². The Balaban J connectivity index is 0.611. The lowest BCUT2D eigenvalue weighted by Gasteiger charge is -2.44. The van der Waals surface area contributed by atoms with Gasteiger partial charge in [0, 0.05) is 95.7 Å². The Morgan fingerprint density at radius 1 is 0.704 bits per heavy atom. The van der Waals surface area contributed by atoms with E-state index in [2.05, 4.69) is 39.5 Å². The maximum atomic E-state index is 13.8. The van der Waals surface area contributed by atoms with E-state index < -0.39 is 29.7 Å². The summed E-state index contributed by atoms with van der Waals surface area (Å²) in [5.41, 5.74) is 10.4. The highest BCUT2D eigenvalue weighted by molar-refractivity contribution is 6.23. The number of imide groups is 2. The summed E-state index contributed by atoms with van der Waals surface area (Å²) in [7, 11) is 0. The van der Waals surface area contributed by atoms with Crippen molar-refractivity contribution in [2.24, 2.45) is 0 Å². The molecule has 0 aliphatic carbocycles. The second-order valence-corrected chi connectivity index (χ2v) is 19.7. The van der Waals surface area contributed by atoms with E-state index in [-0.39, 0.29) is 24.9 Å². The first-order chi connectivity index (χ1) is 34.6. The Kier molecular flexibility index (Phi) is 13.1. The third-order valence-corrected chi connectivity index (χ3v) is 15.4. The number of carbonyl (C=O) groups excluding carboxylic acids is 5. The van der Waals surface area contributed by atoms with Crippen LogP contribution in [0.15, 0.2) is 79.1 Å². The zero-order valence-electron chi connectivity index (χ0n) is 40.0. The number of carbonyl (C=O) groups is 5. The molecule has 6 aliphatic heterocycles. The monoisotopic (exact) mass is 963 g/mol. The van der Waals surface area contributed by atoms with E-state index in [1.54, 1.807) is 12.1 Å². The molecular formula is C52H61N13O6. The van der Waals surface area contributed by atoms with Gasteiger partial charge in [-0.05, 0) is 113 Å². The van der Waals surface area contributed by atoms with E-state index in [1.807, 2.05) is 65.6 Å². The summed E-state index contributed by atoms with van der Waals surface area (Å²) < 4.78 is 8.11. The number of benzene rings is 3. The number of hydrogen-bond acceptors (Lipinski definition) is 14. The van der Waals surface area contributed by atoms with Crippen molar-refractivity contribution >= 4 is 52.2 Å². The number of fused-ring (bicyclic) bond motifs is 2. The lowest BCUT2D eigenvalue weighted by atomic mass is 9.98. The third-order valence-electron chi connectivity index (χ3n) is 15.4. The molecule has 3 aromatic carbocycles. The van der Waals surface area contributed by atoms with Crippen LogP contribution in [0.4, 0.5) is 16.3 Å². The highest BCUT2D eigenvalue weighted by atomic mass is 16.5. The molecule has 5 saturated heterocycles. The Morgan fingerprint density at radius 3 is 2.13 bits per heavy atom. The Morgan fingerprint density at radius 2 is 1.39 bits per heavy atom. The molecule has 0 saturated carbocycles. The first-order valence-electron chi connectivity index (χ1n) is 25.3. The normalized spacial score (nSPS) is 22.1. The number of nitrogens with two attached hydrogens (primary N) is 1. The zero-order chi connectivity index (χ0) is 48.6. The van der Waals surface area contributed by atoms with Gasteiger partial charge in [-0.2, -0.15) is 5.10 Å². The Labute approximate surface area is 412 Å². The quantitative estimate of drug-likeness (QED) is 0.178. The summed E-state index contributed by atoms with van der Waals surface area (Å²) in [6.45, 7) is 12.0. The number of likely N-dealkylation sites (tertiary alicyclic amines) is 2. The molecule has 2 atom stereocenters. The number of anilines is 2. The molecule has 19 heteroatoms. The summed E-state index contributed by atoms with van der Waals surface area (Å²) >= 11 is 0. The summed E-state index contributed by atoms with van der Waals surface area (Å²) in [4.78, 5) is 88.4. The van der Waals surface area contributed by atoms with Crippen molar-refractivity contribution in [3.63, 3.8) is 0 Å². The number of rotatable bonds is 11. The second kappa shape index (κ2) is 20.0.